The van der Waals surface area contributed by atoms with E-state index in [0.717, 1.165) is 10.6 Å². The Balaban J connectivity index is 2.67. The number of anilines is 1. The van der Waals surface area contributed by atoms with Crippen molar-refractivity contribution in [1.82, 2.24) is 9.88 Å². The summed E-state index contributed by atoms with van der Waals surface area (Å²) in [5, 5.41) is 3.36. The highest BCUT2D eigenvalue weighted by atomic mass is 32.1. The average molecular weight is 356 g/mol. The largest absolute Gasteiger partial charge is 0.385 e. The molecule has 0 saturated heterocycles. The average Bonchev–Trinajstić information content (AvgIpc) is 2.74. The van der Waals surface area contributed by atoms with Crippen LogP contribution in [0.1, 0.15) is 44.2 Å². The van der Waals surface area contributed by atoms with Gasteiger partial charge in [-0.1, -0.05) is 20.8 Å². The molecule has 0 aromatic carbocycles. The molecule has 0 aliphatic rings. The van der Waals surface area contributed by atoms with E-state index in [-0.39, 0.29) is 23.8 Å². The SMILES string of the molecule is COCCCN(CC(=O)Nc1nc(C)c(C)s1)C(=O)CC(C)(C)C. The summed E-state index contributed by atoms with van der Waals surface area (Å²) in [7, 11) is 1.63. The minimum absolute atomic E-state index is 0.0137. The van der Waals surface area contributed by atoms with Gasteiger partial charge in [0.05, 0.1) is 12.2 Å². The van der Waals surface area contributed by atoms with E-state index in [1.807, 2.05) is 34.6 Å². The van der Waals surface area contributed by atoms with Gasteiger partial charge in [0.1, 0.15) is 0 Å². The fraction of sp³-hybridized carbons (Fsp3) is 0.706. The number of aryl methyl sites for hydroxylation is 2. The van der Waals surface area contributed by atoms with E-state index in [0.29, 0.717) is 31.1 Å². The van der Waals surface area contributed by atoms with Crippen molar-refractivity contribution in [2.45, 2.75) is 47.5 Å². The van der Waals surface area contributed by atoms with Crippen LogP contribution in [0.5, 0.6) is 0 Å². The van der Waals surface area contributed by atoms with Gasteiger partial charge >= 0.3 is 0 Å². The molecule has 0 saturated carbocycles. The highest BCUT2D eigenvalue weighted by Crippen LogP contribution is 2.22. The summed E-state index contributed by atoms with van der Waals surface area (Å²) in [6.07, 6.45) is 1.11. The third kappa shape index (κ3) is 7.40. The molecule has 0 spiro atoms. The molecule has 1 aromatic heterocycles. The van der Waals surface area contributed by atoms with Crippen molar-refractivity contribution in [3.05, 3.63) is 10.6 Å². The van der Waals surface area contributed by atoms with E-state index in [1.54, 1.807) is 12.0 Å². The number of ether oxygens (including phenoxy) is 1. The van der Waals surface area contributed by atoms with Gasteiger partial charge in [-0.05, 0) is 25.7 Å². The lowest BCUT2D eigenvalue weighted by molar-refractivity contribution is -0.136. The first-order chi connectivity index (χ1) is 11.1. The molecule has 0 atom stereocenters. The molecule has 0 aliphatic carbocycles. The summed E-state index contributed by atoms with van der Waals surface area (Å²) in [5.74, 6) is -0.233. The highest BCUT2D eigenvalue weighted by molar-refractivity contribution is 7.15. The van der Waals surface area contributed by atoms with E-state index in [9.17, 15) is 9.59 Å². The lowest BCUT2D eigenvalue weighted by atomic mass is 9.91. The van der Waals surface area contributed by atoms with E-state index >= 15 is 0 Å². The van der Waals surface area contributed by atoms with E-state index in [4.69, 9.17) is 4.74 Å². The first kappa shape index (κ1) is 20.6. The summed E-state index contributed by atoms with van der Waals surface area (Å²) in [6.45, 7) is 11.0. The Hall–Kier alpha value is -1.47. The first-order valence-corrected chi connectivity index (χ1v) is 8.94. The van der Waals surface area contributed by atoms with Crippen LogP contribution in [0.3, 0.4) is 0 Å². The Morgan fingerprint density at radius 2 is 1.96 bits per heavy atom. The third-order valence-electron chi connectivity index (χ3n) is 3.42. The topological polar surface area (TPSA) is 71.5 Å². The number of thiazole rings is 1. The van der Waals surface area contributed by atoms with Crippen molar-refractivity contribution in [3.8, 4) is 0 Å². The van der Waals surface area contributed by atoms with Crippen molar-refractivity contribution in [2.24, 2.45) is 5.41 Å². The van der Waals surface area contributed by atoms with Crippen LogP contribution in [-0.2, 0) is 14.3 Å². The van der Waals surface area contributed by atoms with Crippen molar-refractivity contribution < 1.29 is 14.3 Å². The maximum Gasteiger partial charge on any atom is 0.245 e. The number of hydrogen-bond acceptors (Lipinski definition) is 5. The number of methoxy groups -OCH3 is 1. The predicted octanol–water partition coefficient (Wildman–Crippen LogP) is 3.00. The minimum atomic E-state index is -0.219. The number of nitrogens with one attached hydrogen (secondary N) is 1. The lowest BCUT2D eigenvalue weighted by Gasteiger charge is -2.26. The van der Waals surface area contributed by atoms with Gasteiger partial charge in [0.15, 0.2) is 5.13 Å². The molecule has 0 unspecified atom stereocenters. The van der Waals surface area contributed by atoms with Crippen LogP contribution in [0.25, 0.3) is 0 Å². The van der Waals surface area contributed by atoms with Crippen LogP contribution < -0.4 is 5.32 Å². The summed E-state index contributed by atoms with van der Waals surface area (Å²) >= 11 is 1.44. The number of rotatable bonds is 8. The second kappa shape index (κ2) is 9.13. The number of carbonyl (C=O) groups excluding carboxylic acids is 2. The molecule has 0 fully saturated rings. The summed E-state index contributed by atoms with van der Waals surface area (Å²) in [4.78, 5) is 31.7. The molecule has 1 rings (SSSR count). The van der Waals surface area contributed by atoms with Gasteiger partial charge in [-0.2, -0.15) is 0 Å². The van der Waals surface area contributed by atoms with Gasteiger partial charge in [-0.3, -0.25) is 9.59 Å². The quantitative estimate of drug-likeness (QED) is 0.728. The Labute approximate surface area is 148 Å². The fourth-order valence-electron chi connectivity index (χ4n) is 2.12. The summed E-state index contributed by atoms with van der Waals surface area (Å²) in [5.41, 5.74) is 0.799. The van der Waals surface area contributed by atoms with Gasteiger partial charge < -0.3 is 15.0 Å². The van der Waals surface area contributed by atoms with Crippen LogP contribution in [0.2, 0.25) is 0 Å². The molecule has 6 nitrogen and oxygen atoms in total. The third-order valence-corrected chi connectivity index (χ3v) is 4.41. The van der Waals surface area contributed by atoms with Crippen molar-refractivity contribution >= 4 is 28.3 Å². The van der Waals surface area contributed by atoms with E-state index in [1.165, 1.54) is 11.3 Å². The Kier molecular flexibility index (Phi) is 7.83. The summed E-state index contributed by atoms with van der Waals surface area (Å²) in [6, 6.07) is 0. The molecule has 0 aliphatic heterocycles. The molecule has 1 aromatic rings. The Morgan fingerprint density at radius 3 is 2.46 bits per heavy atom. The van der Waals surface area contributed by atoms with Crippen LogP contribution in [0, 0.1) is 19.3 Å². The number of hydrogen-bond donors (Lipinski definition) is 1. The predicted molar refractivity (Wildman–Crippen MR) is 97.4 cm³/mol. The number of nitrogens with zero attached hydrogens (tertiary/aromatic N) is 2. The van der Waals surface area contributed by atoms with Crippen LogP contribution in [0.4, 0.5) is 5.13 Å². The zero-order valence-electron chi connectivity index (χ0n) is 15.6. The van der Waals surface area contributed by atoms with E-state index < -0.39 is 0 Å². The summed E-state index contributed by atoms with van der Waals surface area (Å²) < 4.78 is 5.04. The maximum atomic E-state index is 12.5. The molecule has 1 N–H and O–H groups in total. The lowest BCUT2D eigenvalue weighted by Crippen LogP contribution is -2.40. The van der Waals surface area contributed by atoms with Gasteiger partial charge in [0.25, 0.3) is 0 Å². The molecule has 24 heavy (non-hydrogen) atoms. The van der Waals surface area contributed by atoms with Gasteiger partial charge in [-0.15, -0.1) is 11.3 Å². The van der Waals surface area contributed by atoms with Crippen molar-refractivity contribution in [1.29, 1.82) is 0 Å². The van der Waals surface area contributed by atoms with Crippen LogP contribution in [-0.4, -0.2) is 48.5 Å². The number of carbonyl (C=O) groups is 2. The zero-order chi connectivity index (χ0) is 18.3. The second-order valence-electron chi connectivity index (χ2n) is 7.11. The molecule has 7 heteroatoms. The molecule has 136 valence electrons. The number of aromatic nitrogens is 1. The molecule has 2 amide bonds. The van der Waals surface area contributed by atoms with Crippen molar-refractivity contribution in [2.75, 3.05) is 32.1 Å². The van der Waals surface area contributed by atoms with Crippen molar-refractivity contribution in [3.63, 3.8) is 0 Å². The van der Waals surface area contributed by atoms with E-state index in [2.05, 4.69) is 10.3 Å². The Bertz CT molecular complexity index is 544. The number of amides is 2. The van der Waals surface area contributed by atoms with Gasteiger partial charge in [-0.25, -0.2) is 4.98 Å². The molecular formula is C17H29N3O3S. The smallest absolute Gasteiger partial charge is 0.245 e. The molecular weight excluding hydrogens is 326 g/mol. The van der Waals surface area contributed by atoms with Crippen LogP contribution in [0.15, 0.2) is 0 Å². The molecule has 0 bridgehead atoms. The minimum Gasteiger partial charge on any atom is -0.385 e. The highest BCUT2D eigenvalue weighted by Gasteiger charge is 2.23. The normalized spacial score (nSPS) is 11.4. The van der Waals surface area contributed by atoms with Gasteiger partial charge in [0.2, 0.25) is 11.8 Å². The second-order valence-corrected chi connectivity index (χ2v) is 8.31. The Morgan fingerprint density at radius 1 is 1.29 bits per heavy atom. The standard InChI is InChI=1S/C17H29N3O3S/c1-12-13(2)24-16(18-12)19-14(21)11-20(8-7-9-23-6)15(22)10-17(3,4)5/h7-11H2,1-6H3,(H,18,19,21). The zero-order valence-corrected chi connectivity index (χ0v) is 16.4. The first-order valence-electron chi connectivity index (χ1n) is 8.13. The molecule has 0 radical (unpaired) electrons. The molecule has 1 heterocycles. The monoisotopic (exact) mass is 355 g/mol. The van der Waals surface area contributed by atoms with Gasteiger partial charge in [0, 0.05) is 31.6 Å². The fourth-order valence-corrected chi connectivity index (χ4v) is 2.95. The maximum absolute atomic E-state index is 12.5. The van der Waals surface area contributed by atoms with Crippen LogP contribution >= 0.6 is 11.3 Å².